The number of aliphatic hydroxyl groups is 1. The number of hydrogen-bond donors (Lipinski definition) is 1. The molecule has 1 aromatic carbocycles. The van der Waals surface area contributed by atoms with Gasteiger partial charge in [-0.2, -0.15) is 0 Å². The van der Waals surface area contributed by atoms with Gasteiger partial charge in [-0.15, -0.1) is 0 Å². The van der Waals surface area contributed by atoms with Crippen LogP contribution < -0.4 is 43.8 Å². The van der Waals surface area contributed by atoms with Crippen LogP contribution in [0.2, 0.25) is 0 Å². The van der Waals surface area contributed by atoms with Crippen LogP contribution in [0.4, 0.5) is 0 Å². The van der Waals surface area contributed by atoms with Crippen LogP contribution in [0.25, 0.3) is 0 Å². The van der Waals surface area contributed by atoms with Crippen molar-refractivity contribution in [3.8, 4) is 17.2 Å². The molecular weight excluding hydrogens is 287 g/mol. The maximum Gasteiger partial charge on any atom is 1.00 e. The van der Waals surface area contributed by atoms with Crippen molar-refractivity contribution in [3.05, 3.63) is 17.7 Å². The first kappa shape index (κ1) is 18.5. The van der Waals surface area contributed by atoms with Crippen molar-refractivity contribution in [2.75, 3.05) is 21.3 Å². The normalized spacial score (nSPS) is 12.3. The van der Waals surface area contributed by atoms with Crippen LogP contribution >= 0.6 is 0 Å². The molecule has 102 valence electrons. The van der Waals surface area contributed by atoms with Gasteiger partial charge in [0, 0.05) is 11.6 Å². The Morgan fingerprint density at radius 3 is 1.84 bits per heavy atom. The number of methoxy groups -OCH3 is 3. The second-order valence-electron chi connectivity index (χ2n) is 3.29. The van der Waals surface area contributed by atoms with E-state index in [2.05, 4.69) is 0 Å². The third-order valence-corrected chi connectivity index (χ3v) is 3.08. The molecule has 0 amide bonds. The second-order valence-corrected chi connectivity index (χ2v) is 4.73. The van der Waals surface area contributed by atoms with Gasteiger partial charge in [-0.3, -0.25) is 0 Å². The molecule has 1 N–H and O–H groups in total. The van der Waals surface area contributed by atoms with E-state index < -0.39 is 15.6 Å². The SMILES string of the molecule is COc1cc(OC)c(C(O)S(=O)(=O)[O-])cc1OC.[Na+]. The summed E-state index contributed by atoms with van der Waals surface area (Å²) in [7, 11) is -0.905. The van der Waals surface area contributed by atoms with Crippen LogP contribution in [0.5, 0.6) is 17.2 Å². The van der Waals surface area contributed by atoms with Crippen molar-refractivity contribution in [2.24, 2.45) is 0 Å². The Labute approximate surface area is 133 Å². The molecule has 9 heteroatoms. The number of benzene rings is 1. The van der Waals surface area contributed by atoms with Gasteiger partial charge in [-0.05, 0) is 6.07 Å². The van der Waals surface area contributed by atoms with E-state index in [1.807, 2.05) is 0 Å². The van der Waals surface area contributed by atoms with E-state index in [0.29, 0.717) is 0 Å². The molecule has 0 bridgehead atoms. The molecule has 1 unspecified atom stereocenters. The van der Waals surface area contributed by atoms with Crippen LogP contribution in [0.15, 0.2) is 12.1 Å². The fourth-order valence-corrected chi connectivity index (χ4v) is 1.90. The summed E-state index contributed by atoms with van der Waals surface area (Å²) in [6, 6.07) is 2.50. The van der Waals surface area contributed by atoms with E-state index in [1.54, 1.807) is 0 Å². The molecule has 1 atom stereocenters. The number of hydrogen-bond acceptors (Lipinski definition) is 7. The molecule has 0 aliphatic rings. The smallest absolute Gasteiger partial charge is 0.746 e. The van der Waals surface area contributed by atoms with Crippen molar-refractivity contribution in [1.82, 2.24) is 0 Å². The summed E-state index contributed by atoms with van der Waals surface area (Å²) < 4.78 is 47.3. The summed E-state index contributed by atoms with van der Waals surface area (Å²) in [4.78, 5) is 0. The predicted octanol–water partition coefficient (Wildman–Crippen LogP) is -2.75. The standard InChI is InChI=1S/C10H14O7S.Na/c1-15-7-5-9(17-3)8(16-2)4-6(7)10(11)18(12,13)14;/h4-5,10-11H,1-3H3,(H,12,13,14);/q;+1/p-1. The Morgan fingerprint density at radius 2 is 1.47 bits per heavy atom. The zero-order chi connectivity index (χ0) is 13.9. The first-order valence-corrected chi connectivity index (χ1v) is 6.25. The van der Waals surface area contributed by atoms with Crippen LogP contribution in [-0.2, 0) is 10.1 Å². The monoisotopic (exact) mass is 300 g/mol. The molecular formula is C10H13NaO7S. The summed E-state index contributed by atoms with van der Waals surface area (Å²) in [5.74, 6) is 0.476. The molecule has 7 nitrogen and oxygen atoms in total. The van der Waals surface area contributed by atoms with E-state index in [1.165, 1.54) is 33.5 Å². The third kappa shape index (κ3) is 4.23. The van der Waals surface area contributed by atoms with Gasteiger partial charge in [0.2, 0.25) is 0 Å². The van der Waals surface area contributed by atoms with Gasteiger partial charge in [0.1, 0.15) is 15.9 Å². The maximum atomic E-state index is 10.8. The third-order valence-electron chi connectivity index (χ3n) is 2.28. The van der Waals surface area contributed by atoms with Crippen molar-refractivity contribution in [2.45, 2.75) is 5.44 Å². The van der Waals surface area contributed by atoms with Crippen molar-refractivity contribution >= 4 is 10.1 Å². The molecule has 0 heterocycles. The maximum absolute atomic E-state index is 10.8. The zero-order valence-electron chi connectivity index (χ0n) is 11.0. The fourth-order valence-electron chi connectivity index (χ4n) is 1.40. The molecule has 0 saturated heterocycles. The fraction of sp³-hybridized carbons (Fsp3) is 0.400. The van der Waals surface area contributed by atoms with E-state index in [-0.39, 0.29) is 52.4 Å². The first-order chi connectivity index (χ1) is 8.35. The minimum absolute atomic E-state index is 0. The minimum Gasteiger partial charge on any atom is -0.746 e. The quantitative estimate of drug-likeness (QED) is 0.464. The molecule has 1 rings (SSSR count). The molecule has 1 aromatic rings. The number of ether oxygens (including phenoxy) is 3. The number of rotatable bonds is 5. The molecule has 0 aromatic heterocycles. The summed E-state index contributed by atoms with van der Waals surface area (Å²) >= 11 is 0. The van der Waals surface area contributed by atoms with E-state index in [4.69, 9.17) is 14.2 Å². The predicted molar refractivity (Wildman–Crippen MR) is 60.8 cm³/mol. The van der Waals surface area contributed by atoms with Crippen molar-refractivity contribution < 1.29 is 61.8 Å². The molecule has 19 heavy (non-hydrogen) atoms. The first-order valence-electron chi connectivity index (χ1n) is 4.77. The van der Waals surface area contributed by atoms with E-state index in [9.17, 15) is 18.1 Å². The Bertz CT molecular complexity index is 529. The molecule has 0 aliphatic heterocycles. The second kappa shape index (κ2) is 7.32. The van der Waals surface area contributed by atoms with Gasteiger partial charge in [-0.1, -0.05) is 0 Å². The average molecular weight is 300 g/mol. The molecule has 0 aliphatic carbocycles. The summed E-state index contributed by atoms with van der Waals surface area (Å²) in [6.07, 6.45) is 0. The van der Waals surface area contributed by atoms with E-state index in [0.717, 1.165) is 0 Å². The zero-order valence-corrected chi connectivity index (χ0v) is 13.9. The van der Waals surface area contributed by atoms with Crippen molar-refractivity contribution in [3.63, 3.8) is 0 Å². The summed E-state index contributed by atoms with van der Waals surface area (Å²) in [5, 5.41) is 9.48. The van der Waals surface area contributed by atoms with Crippen LogP contribution in [0, 0.1) is 0 Å². The number of aliphatic hydroxyl groups excluding tert-OH is 1. The minimum atomic E-state index is -4.90. The Morgan fingerprint density at radius 1 is 1.05 bits per heavy atom. The summed E-state index contributed by atoms with van der Waals surface area (Å²) in [5.41, 5.74) is -2.43. The van der Waals surface area contributed by atoms with E-state index >= 15 is 0 Å². The average Bonchev–Trinajstić information content (AvgIpc) is 2.34. The van der Waals surface area contributed by atoms with Gasteiger partial charge in [0.05, 0.1) is 21.3 Å². The Hall–Kier alpha value is -0.510. The van der Waals surface area contributed by atoms with Crippen molar-refractivity contribution in [1.29, 1.82) is 0 Å². The molecule has 0 saturated carbocycles. The largest absolute Gasteiger partial charge is 1.00 e. The van der Waals surface area contributed by atoms with Crippen LogP contribution in [-0.4, -0.2) is 39.4 Å². The van der Waals surface area contributed by atoms with Crippen LogP contribution in [0.3, 0.4) is 0 Å². The topological polar surface area (TPSA) is 105 Å². The Balaban J connectivity index is 0.00000324. The van der Waals surface area contributed by atoms with Crippen LogP contribution in [0.1, 0.15) is 11.0 Å². The van der Waals surface area contributed by atoms with Gasteiger partial charge < -0.3 is 23.9 Å². The van der Waals surface area contributed by atoms with Gasteiger partial charge in [0.25, 0.3) is 0 Å². The van der Waals surface area contributed by atoms with Gasteiger partial charge >= 0.3 is 29.6 Å². The van der Waals surface area contributed by atoms with Gasteiger partial charge in [0.15, 0.2) is 16.9 Å². The Kier molecular flexibility index (Phi) is 7.12. The molecule has 0 spiro atoms. The summed E-state index contributed by atoms with van der Waals surface area (Å²) in [6.45, 7) is 0. The van der Waals surface area contributed by atoms with Gasteiger partial charge in [-0.25, -0.2) is 8.42 Å². The molecule has 0 radical (unpaired) electrons. The molecule has 0 fully saturated rings.